The second kappa shape index (κ2) is 5.93. The lowest BCUT2D eigenvalue weighted by Crippen LogP contribution is -2.15. The predicted molar refractivity (Wildman–Crippen MR) is 85.9 cm³/mol. The number of methoxy groups -OCH3 is 1. The number of thiophene rings is 1. The first-order chi connectivity index (χ1) is 10.1. The van der Waals surface area contributed by atoms with Gasteiger partial charge in [0.15, 0.2) is 0 Å². The van der Waals surface area contributed by atoms with E-state index in [0.717, 1.165) is 34.0 Å². The summed E-state index contributed by atoms with van der Waals surface area (Å²) in [5, 5.41) is 1.81. The van der Waals surface area contributed by atoms with Gasteiger partial charge in [-0.25, -0.2) is 9.97 Å². The average Bonchev–Trinajstić information content (AvgIpc) is 2.84. The van der Waals surface area contributed by atoms with E-state index in [-0.39, 0.29) is 11.2 Å². The first-order valence-electron chi connectivity index (χ1n) is 7.10. The van der Waals surface area contributed by atoms with Gasteiger partial charge in [-0.15, -0.1) is 11.3 Å². The van der Waals surface area contributed by atoms with E-state index in [2.05, 4.69) is 16.9 Å². The largest absolute Gasteiger partial charge is 0.468 e. The van der Waals surface area contributed by atoms with E-state index < -0.39 is 0 Å². The molecule has 0 saturated heterocycles. The number of ether oxygens (including phenoxy) is 1. The summed E-state index contributed by atoms with van der Waals surface area (Å²) in [6, 6.07) is 0. The molecule has 4 nitrogen and oxygen atoms in total. The summed E-state index contributed by atoms with van der Waals surface area (Å²) in [7, 11) is 1.42. The summed E-state index contributed by atoms with van der Waals surface area (Å²) in [5.41, 5.74) is 1.40. The van der Waals surface area contributed by atoms with E-state index in [1.807, 2.05) is 6.92 Å². The van der Waals surface area contributed by atoms with Gasteiger partial charge in [0.05, 0.1) is 7.11 Å². The Morgan fingerprint density at radius 1 is 1.52 bits per heavy atom. The highest BCUT2D eigenvalue weighted by Gasteiger charge is 2.25. The van der Waals surface area contributed by atoms with Gasteiger partial charge in [0.2, 0.25) is 0 Å². The molecule has 21 heavy (non-hydrogen) atoms. The van der Waals surface area contributed by atoms with Crippen molar-refractivity contribution in [1.29, 1.82) is 0 Å². The fourth-order valence-electron chi connectivity index (χ4n) is 2.72. The number of aryl methyl sites for hydroxylation is 1. The third-order valence-electron chi connectivity index (χ3n) is 3.88. The van der Waals surface area contributed by atoms with Crippen molar-refractivity contribution in [3.05, 3.63) is 16.8 Å². The monoisotopic (exact) mass is 322 g/mol. The van der Waals surface area contributed by atoms with Crippen LogP contribution in [0.4, 0.5) is 0 Å². The fraction of sp³-hybridized carbons (Fsp3) is 0.533. The van der Waals surface area contributed by atoms with E-state index in [1.54, 1.807) is 17.7 Å². The number of rotatable bonds is 3. The van der Waals surface area contributed by atoms with Crippen LogP contribution in [0.3, 0.4) is 0 Å². The maximum Gasteiger partial charge on any atom is 0.318 e. The minimum absolute atomic E-state index is 0.218. The minimum atomic E-state index is -0.258. The van der Waals surface area contributed by atoms with Gasteiger partial charge in [-0.05, 0) is 37.7 Å². The van der Waals surface area contributed by atoms with Crippen molar-refractivity contribution in [1.82, 2.24) is 9.97 Å². The molecule has 1 aliphatic carbocycles. The summed E-state index contributed by atoms with van der Waals surface area (Å²) in [6.45, 7) is 4.15. The third-order valence-corrected chi connectivity index (χ3v) is 6.12. The first kappa shape index (κ1) is 14.8. The Morgan fingerprint density at radius 3 is 3.10 bits per heavy atom. The smallest absolute Gasteiger partial charge is 0.318 e. The number of carbonyl (C=O) groups is 1. The van der Waals surface area contributed by atoms with Crippen molar-refractivity contribution in [2.75, 3.05) is 7.11 Å². The molecule has 6 heteroatoms. The van der Waals surface area contributed by atoms with Crippen LogP contribution >= 0.6 is 23.1 Å². The molecule has 3 rings (SSSR count). The number of hydrogen-bond donors (Lipinski definition) is 0. The van der Waals surface area contributed by atoms with Gasteiger partial charge in [0, 0.05) is 10.3 Å². The van der Waals surface area contributed by atoms with Crippen LogP contribution in [0.15, 0.2) is 11.4 Å². The van der Waals surface area contributed by atoms with Crippen molar-refractivity contribution in [2.24, 2.45) is 5.92 Å². The van der Waals surface area contributed by atoms with Crippen molar-refractivity contribution in [3.63, 3.8) is 0 Å². The zero-order valence-corrected chi connectivity index (χ0v) is 14.0. The van der Waals surface area contributed by atoms with Crippen LogP contribution in [0.5, 0.6) is 0 Å². The zero-order valence-electron chi connectivity index (χ0n) is 12.4. The molecule has 0 fully saturated rings. The molecule has 0 bridgehead atoms. The molecule has 112 valence electrons. The lowest BCUT2D eigenvalue weighted by molar-refractivity contribution is -0.139. The number of carbonyl (C=O) groups excluding carboxylic acids is 1. The van der Waals surface area contributed by atoms with Gasteiger partial charge in [-0.1, -0.05) is 18.7 Å². The minimum Gasteiger partial charge on any atom is -0.468 e. The summed E-state index contributed by atoms with van der Waals surface area (Å²) in [5.74, 6) is 0.521. The summed E-state index contributed by atoms with van der Waals surface area (Å²) in [6.07, 6.45) is 5.03. The van der Waals surface area contributed by atoms with Crippen LogP contribution in [0.25, 0.3) is 10.2 Å². The Morgan fingerprint density at radius 2 is 2.33 bits per heavy atom. The van der Waals surface area contributed by atoms with E-state index in [1.165, 1.54) is 35.7 Å². The van der Waals surface area contributed by atoms with Crippen LogP contribution < -0.4 is 0 Å². The van der Waals surface area contributed by atoms with Crippen LogP contribution in [-0.2, 0) is 22.4 Å². The number of nitrogens with zero attached hydrogens (tertiary/aromatic N) is 2. The molecular formula is C15H18N2O2S2. The molecule has 2 aromatic rings. The Labute approximate surface area is 132 Å². The molecule has 0 N–H and O–H groups in total. The molecule has 0 aromatic carbocycles. The highest BCUT2D eigenvalue weighted by atomic mass is 32.2. The van der Waals surface area contributed by atoms with Gasteiger partial charge < -0.3 is 4.74 Å². The highest BCUT2D eigenvalue weighted by Crippen LogP contribution is 2.41. The van der Waals surface area contributed by atoms with Crippen molar-refractivity contribution < 1.29 is 9.53 Å². The van der Waals surface area contributed by atoms with Gasteiger partial charge in [-0.3, -0.25) is 4.79 Å². The van der Waals surface area contributed by atoms with E-state index >= 15 is 0 Å². The van der Waals surface area contributed by atoms with E-state index in [4.69, 9.17) is 4.74 Å². The number of hydrogen-bond acceptors (Lipinski definition) is 6. The number of esters is 1. The summed E-state index contributed by atoms with van der Waals surface area (Å²) in [4.78, 5) is 23.0. The number of aromatic nitrogens is 2. The maximum atomic E-state index is 11.6. The van der Waals surface area contributed by atoms with Crippen LogP contribution in [0, 0.1) is 5.92 Å². The van der Waals surface area contributed by atoms with Crippen LogP contribution in [0.1, 0.15) is 30.7 Å². The molecular weight excluding hydrogens is 304 g/mol. The standard InChI is InChI=1S/C15H18N2O2S2/c1-8-4-5-10-11(6-8)21-14-12(10)13(16-7-17-14)20-9(2)15(18)19-3/h7-9H,4-6H2,1-3H3/t8-,9-/m1/s1. The SMILES string of the molecule is COC(=O)[C@@H](C)Sc1ncnc2sc3c(c12)CC[C@@H](C)C3. The first-order valence-corrected chi connectivity index (χ1v) is 8.79. The Balaban J connectivity index is 2.01. The van der Waals surface area contributed by atoms with E-state index in [9.17, 15) is 4.79 Å². The van der Waals surface area contributed by atoms with Gasteiger partial charge >= 0.3 is 5.97 Å². The molecule has 0 radical (unpaired) electrons. The summed E-state index contributed by atoms with van der Waals surface area (Å²) < 4.78 is 4.80. The van der Waals surface area contributed by atoms with E-state index in [0.29, 0.717) is 0 Å². The second-order valence-electron chi connectivity index (χ2n) is 5.49. The second-order valence-corrected chi connectivity index (χ2v) is 7.91. The molecule has 0 saturated carbocycles. The number of fused-ring (bicyclic) bond motifs is 3. The molecule has 0 spiro atoms. The zero-order chi connectivity index (χ0) is 15.0. The van der Waals surface area contributed by atoms with Gasteiger partial charge in [-0.2, -0.15) is 0 Å². The van der Waals surface area contributed by atoms with Gasteiger partial charge in [0.25, 0.3) is 0 Å². The lowest BCUT2D eigenvalue weighted by Gasteiger charge is -2.18. The molecule has 2 atom stereocenters. The molecule has 2 heterocycles. The van der Waals surface area contributed by atoms with Crippen LogP contribution in [0.2, 0.25) is 0 Å². The number of thioether (sulfide) groups is 1. The highest BCUT2D eigenvalue weighted by molar-refractivity contribution is 8.00. The Bertz CT molecular complexity index is 684. The van der Waals surface area contributed by atoms with Crippen LogP contribution in [-0.4, -0.2) is 28.3 Å². The lowest BCUT2D eigenvalue weighted by atomic mass is 9.89. The maximum absolute atomic E-state index is 11.6. The predicted octanol–water partition coefficient (Wildman–Crippen LogP) is 3.47. The van der Waals surface area contributed by atoms with Gasteiger partial charge in [0.1, 0.15) is 21.4 Å². The Kier molecular flexibility index (Phi) is 4.17. The molecule has 0 amide bonds. The van der Waals surface area contributed by atoms with Crippen molar-refractivity contribution in [3.8, 4) is 0 Å². The molecule has 1 aliphatic rings. The molecule has 0 unspecified atom stereocenters. The third kappa shape index (κ3) is 2.79. The quantitative estimate of drug-likeness (QED) is 0.492. The topological polar surface area (TPSA) is 52.1 Å². The average molecular weight is 322 g/mol. The molecule has 0 aliphatic heterocycles. The fourth-order valence-corrected chi connectivity index (χ4v) is 5.11. The normalized spacial score (nSPS) is 19.3. The summed E-state index contributed by atoms with van der Waals surface area (Å²) >= 11 is 3.24. The van der Waals surface area contributed by atoms with Crippen molar-refractivity contribution in [2.45, 2.75) is 43.4 Å². The van der Waals surface area contributed by atoms with Crippen molar-refractivity contribution >= 4 is 39.3 Å². The molecule has 2 aromatic heterocycles. The Hall–Kier alpha value is -1.14.